The number of hydrogen-bond donors (Lipinski definition) is 2. The monoisotopic (exact) mass is 172 g/mol. The molecule has 0 unspecified atom stereocenters. The second-order valence-electron chi connectivity index (χ2n) is 3.13. The molecule has 1 saturated heterocycles. The second-order valence-corrected chi connectivity index (χ2v) is 3.13. The van der Waals surface area contributed by atoms with Crippen molar-refractivity contribution in [1.29, 1.82) is 0 Å². The van der Waals surface area contributed by atoms with Gasteiger partial charge in [0.05, 0.1) is 13.2 Å². The van der Waals surface area contributed by atoms with Crippen LogP contribution in [-0.2, 0) is 4.79 Å². The Morgan fingerprint density at radius 1 is 1.75 bits per heavy atom. The number of rotatable bonds is 3. The fourth-order valence-corrected chi connectivity index (χ4v) is 1.44. The Hall–Kier alpha value is -0.610. The molecule has 1 fully saturated rings. The second kappa shape index (κ2) is 4.42. The molecule has 1 atom stereocenters. The molecule has 70 valence electrons. The molecule has 1 aliphatic rings. The summed E-state index contributed by atoms with van der Waals surface area (Å²) in [5.74, 6) is 0.0709. The standard InChI is InChI=1S/C8H16N2O2/c1-2-7-5-10(3-4-11)6-8(12)9-7/h7,11H,2-6H2,1H3,(H,9,12)/t7-/m0/s1. The highest BCUT2D eigenvalue weighted by Crippen LogP contribution is 2.01. The minimum atomic E-state index is 0.0709. The van der Waals surface area contributed by atoms with E-state index in [1.54, 1.807) is 0 Å². The molecule has 4 nitrogen and oxygen atoms in total. The van der Waals surface area contributed by atoms with Gasteiger partial charge in [0, 0.05) is 19.1 Å². The van der Waals surface area contributed by atoms with Crippen molar-refractivity contribution < 1.29 is 9.90 Å². The third-order valence-corrected chi connectivity index (χ3v) is 2.12. The number of piperazine rings is 1. The first kappa shape index (κ1) is 9.48. The highest BCUT2D eigenvalue weighted by atomic mass is 16.3. The number of β-amino-alcohol motifs (C(OH)–C–C–N with tert-alkyl or cyclic N) is 1. The maximum absolute atomic E-state index is 11.1. The zero-order chi connectivity index (χ0) is 8.97. The summed E-state index contributed by atoms with van der Waals surface area (Å²) >= 11 is 0. The largest absolute Gasteiger partial charge is 0.395 e. The summed E-state index contributed by atoms with van der Waals surface area (Å²) in [6.45, 7) is 4.07. The number of carbonyl (C=O) groups is 1. The normalized spacial score (nSPS) is 25.5. The van der Waals surface area contributed by atoms with Crippen molar-refractivity contribution in [1.82, 2.24) is 10.2 Å². The van der Waals surface area contributed by atoms with Gasteiger partial charge in [-0.2, -0.15) is 0 Å². The Kier molecular flexibility index (Phi) is 3.49. The molecule has 0 aromatic rings. The number of carbonyl (C=O) groups excluding carboxylic acids is 1. The Balaban J connectivity index is 2.39. The SMILES string of the molecule is CC[C@H]1CN(CCO)CC(=O)N1. The molecule has 1 aliphatic heterocycles. The number of aliphatic hydroxyl groups is 1. The van der Waals surface area contributed by atoms with Gasteiger partial charge in [0.1, 0.15) is 0 Å². The minimum Gasteiger partial charge on any atom is -0.395 e. The molecule has 0 aromatic carbocycles. The van der Waals surface area contributed by atoms with Crippen molar-refractivity contribution >= 4 is 5.91 Å². The van der Waals surface area contributed by atoms with Gasteiger partial charge in [-0.3, -0.25) is 9.69 Å². The fourth-order valence-electron chi connectivity index (χ4n) is 1.44. The first-order valence-electron chi connectivity index (χ1n) is 4.38. The summed E-state index contributed by atoms with van der Waals surface area (Å²) in [5, 5.41) is 11.6. The van der Waals surface area contributed by atoms with Crippen LogP contribution in [-0.4, -0.2) is 48.2 Å². The van der Waals surface area contributed by atoms with Crippen LogP contribution in [0.1, 0.15) is 13.3 Å². The van der Waals surface area contributed by atoms with Gasteiger partial charge in [-0.05, 0) is 6.42 Å². The molecular weight excluding hydrogens is 156 g/mol. The average molecular weight is 172 g/mol. The lowest BCUT2D eigenvalue weighted by Gasteiger charge is -2.31. The maximum Gasteiger partial charge on any atom is 0.234 e. The third-order valence-electron chi connectivity index (χ3n) is 2.12. The van der Waals surface area contributed by atoms with Gasteiger partial charge in [0.25, 0.3) is 0 Å². The van der Waals surface area contributed by atoms with Gasteiger partial charge in [-0.15, -0.1) is 0 Å². The summed E-state index contributed by atoms with van der Waals surface area (Å²) < 4.78 is 0. The van der Waals surface area contributed by atoms with E-state index in [1.165, 1.54) is 0 Å². The number of aliphatic hydroxyl groups excluding tert-OH is 1. The molecule has 1 rings (SSSR count). The smallest absolute Gasteiger partial charge is 0.234 e. The lowest BCUT2D eigenvalue weighted by molar-refractivity contribution is -0.125. The number of hydrogen-bond acceptors (Lipinski definition) is 3. The van der Waals surface area contributed by atoms with E-state index in [0.29, 0.717) is 13.1 Å². The van der Waals surface area contributed by atoms with Crippen LogP contribution in [0.2, 0.25) is 0 Å². The number of amides is 1. The summed E-state index contributed by atoms with van der Waals surface area (Å²) in [4.78, 5) is 13.1. The van der Waals surface area contributed by atoms with E-state index in [4.69, 9.17) is 5.11 Å². The molecule has 1 heterocycles. The van der Waals surface area contributed by atoms with Gasteiger partial charge in [0.2, 0.25) is 5.91 Å². The highest BCUT2D eigenvalue weighted by molar-refractivity contribution is 5.79. The van der Waals surface area contributed by atoms with Crippen LogP contribution in [0.3, 0.4) is 0 Å². The molecule has 4 heteroatoms. The van der Waals surface area contributed by atoms with E-state index in [9.17, 15) is 4.79 Å². The molecular formula is C8H16N2O2. The molecule has 12 heavy (non-hydrogen) atoms. The van der Waals surface area contributed by atoms with Gasteiger partial charge < -0.3 is 10.4 Å². The molecule has 2 N–H and O–H groups in total. The summed E-state index contributed by atoms with van der Waals surface area (Å²) in [6.07, 6.45) is 0.952. The quantitative estimate of drug-likeness (QED) is 0.585. The molecule has 1 amide bonds. The molecule has 0 bridgehead atoms. The van der Waals surface area contributed by atoms with Crippen LogP contribution in [0.5, 0.6) is 0 Å². The molecule has 0 spiro atoms. The molecule has 0 aromatic heterocycles. The van der Waals surface area contributed by atoms with E-state index < -0.39 is 0 Å². The third kappa shape index (κ3) is 2.46. The van der Waals surface area contributed by atoms with Crippen molar-refractivity contribution in [2.75, 3.05) is 26.2 Å². The Labute approximate surface area is 72.6 Å². The van der Waals surface area contributed by atoms with E-state index in [-0.39, 0.29) is 18.6 Å². The Bertz CT molecular complexity index is 161. The van der Waals surface area contributed by atoms with Crippen LogP contribution in [0.15, 0.2) is 0 Å². The lowest BCUT2D eigenvalue weighted by Crippen LogP contribution is -2.54. The first-order valence-corrected chi connectivity index (χ1v) is 4.38. The van der Waals surface area contributed by atoms with Gasteiger partial charge in [-0.1, -0.05) is 6.92 Å². The highest BCUT2D eigenvalue weighted by Gasteiger charge is 2.22. The first-order chi connectivity index (χ1) is 5.76. The zero-order valence-corrected chi connectivity index (χ0v) is 7.42. The average Bonchev–Trinajstić information content (AvgIpc) is 2.04. The Morgan fingerprint density at radius 2 is 2.50 bits per heavy atom. The van der Waals surface area contributed by atoms with E-state index in [0.717, 1.165) is 13.0 Å². The van der Waals surface area contributed by atoms with Crippen molar-refractivity contribution in [3.05, 3.63) is 0 Å². The van der Waals surface area contributed by atoms with Gasteiger partial charge in [-0.25, -0.2) is 0 Å². The predicted molar refractivity (Wildman–Crippen MR) is 45.7 cm³/mol. The van der Waals surface area contributed by atoms with Gasteiger partial charge >= 0.3 is 0 Å². The summed E-state index contributed by atoms with van der Waals surface area (Å²) in [6, 6.07) is 0.262. The summed E-state index contributed by atoms with van der Waals surface area (Å²) in [5.41, 5.74) is 0. The van der Waals surface area contributed by atoms with Crippen LogP contribution >= 0.6 is 0 Å². The van der Waals surface area contributed by atoms with E-state index in [2.05, 4.69) is 5.32 Å². The molecule has 0 radical (unpaired) electrons. The van der Waals surface area contributed by atoms with Crippen LogP contribution in [0.25, 0.3) is 0 Å². The van der Waals surface area contributed by atoms with Crippen molar-refractivity contribution in [3.8, 4) is 0 Å². The number of nitrogens with zero attached hydrogens (tertiary/aromatic N) is 1. The number of nitrogens with one attached hydrogen (secondary N) is 1. The summed E-state index contributed by atoms with van der Waals surface area (Å²) in [7, 11) is 0. The van der Waals surface area contributed by atoms with Crippen molar-refractivity contribution in [2.24, 2.45) is 0 Å². The lowest BCUT2D eigenvalue weighted by atomic mass is 10.1. The topological polar surface area (TPSA) is 52.6 Å². The van der Waals surface area contributed by atoms with Crippen molar-refractivity contribution in [2.45, 2.75) is 19.4 Å². The van der Waals surface area contributed by atoms with E-state index >= 15 is 0 Å². The maximum atomic E-state index is 11.1. The predicted octanol–water partition coefficient (Wildman–Crippen LogP) is -0.811. The minimum absolute atomic E-state index is 0.0709. The van der Waals surface area contributed by atoms with Crippen LogP contribution in [0, 0.1) is 0 Å². The van der Waals surface area contributed by atoms with E-state index in [1.807, 2.05) is 11.8 Å². The zero-order valence-electron chi connectivity index (χ0n) is 7.42. The molecule has 0 aliphatic carbocycles. The van der Waals surface area contributed by atoms with Crippen molar-refractivity contribution in [3.63, 3.8) is 0 Å². The van der Waals surface area contributed by atoms with Gasteiger partial charge in [0.15, 0.2) is 0 Å². The fraction of sp³-hybridized carbons (Fsp3) is 0.875. The molecule has 0 saturated carbocycles. The Morgan fingerprint density at radius 3 is 3.08 bits per heavy atom. The van der Waals surface area contributed by atoms with Crippen LogP contribution < -0.4 is 5.32 Å². The van der Waals surface area contributed by atoms with Crippen LogP contribution in [0.4, 0.5) is 0 Å².